The summed E-state index contributed by atoms with van der Waals surface area (Å²) in [5.74, 6) is -0.0977. The molecule has 6 heteroatoms. The molecule has 0 atom stereocenters. The second-order valence-corrected chi connectivity index (χ2v) is 6.45. The summed E-state index contributed by atoms with van der Waals surface area (Å²) in [6.45, 7) is 10.6. The third-order valence-electron chi connectivity index (χ3n) is 4.64. The summed E-state index contributed by atoms with van der Waals surface area (Å²) in [4.78, 5) is 24.9. The molecule has 2 aromatic rings. The second kappa shape index (κ2) is 9.26. The van der Waals surface area contributed by atoms with E-state index in [2.05, 4.69) is 5.32 Å². The van der Waals surface area contributed by atoms with Gasteiger partial charge in [-0.1, -0.05) is 6.07 Å². The monoisotopic (exact) mass is 384 g/mol. The number of hydrogen-bond donors (Lipinski definition) is 1. The van der Waals surface area contributed by atoms with Gasteiger partial charge in [0, 0.05) is 29.6 Å². The van der Waals surface area contributed by atoms with Crippen LogP contribution in [0.25, 0.3) is 6.08 Å². The molecule has 2 rings (SSSR count). The van der Waals surface area contributed by atoms with Crippen molar-refractivity contribution in [2.24, 2.45) is 0 Å². The number of hydrogen-bond acceptors (Lipinski definition) is 4. The Balaban J connectivity index is 2.34. The highest BCUT2D eigenvalue weighted by Crippen LogP contribution is 2.27. The number of aromatic nitrogens is 1. The number of carbonyl (C=O) groups excluding carboxylic acids is 2. The van der Waals surface area contributed by atoms with Crippen molar-refractivity contribution in [2.45, 2.75) is 41.2 Å². The Morgan fingerprint density at radius 1 is 1.14 bits per heavy atom. The van der Waals surface area contributed by atoms with E-state index < -0.39 is 0 Å². The number of rotatable bonds is 7. The number of methoxy groups -OCH3 is 1. The molecule has 0 aliphatic carbocycles. The Kier molecular flexibility index (Phi) is 7.04. The third-order valence-corrected chi connectivity index (χ3v) is 4.64. The van der Waals surface area contributed by atoms with Crippen LogP contribution in [0.2, 0.25) is 0 Å². The molecule has 1 aromatic heterocycles. The van der Waals surface area contributed by atoms with Gasteiger partial charge in [0.2, 0.25) is 5.91 Å². The summed E-state index contributed by atoms with van der Waals surface area (Å²) in [5.41, 5.74) is 4.56. The highest BCUT2D eigenvalue weighted by Gasteiger charge is 2.22. The van der Waals surface area contributed by atoms with Gasteiger partial charge in [0.25, 0.3) is 0 Å². The van der Waals surface area contributed by atoms with Crippen LogP contribution < -0.4 is 10.1 Å². The van der Waals surface area contributed by atoms with Gasteiger partial charge in [-0.2, -0.15) is 0 Å². The predicted octanol–water partition coefficient (Wildman–Crippen LogP) is 4.27. The molecule has 0 saturated heterocycles. The van der Waals surface area contributed by atoms with E-state index in [1.165, 1.54) is 6.08 Å². The van der Waals surface area contributed by atoms with Crippen molar-refractivity contribution in [3.63, 3.8) is 0 Å². The first kappa shape index (κ1) is 21.3. The number of esters is 1. The van der Waals surface area contributed by atoms with Gasteiger partial charge in [-0.25, -0.2) is 4.79 Å². The third kappa shape index (κ3) is 4.44. The van der Waals surface area contributed by atoms with E-state index in [1.54, 1.807) is 20.1 Å². The molecule has 0 unspecified atom stereocenters. The molecule has 0 radical (unpaired) electrons. The molecule has 1 N–H and O–H groups in total. The van der Waals surface area contributed by atoms with Crippen molar-refractivity contribution in [2.75, 3.05) is 19.0 Å². The standard InChI is InChI=1S/C22H28N2O4/c1-7-24-15(4)17(21(16(24)5)22(26)28-8-2)10-12-20(25)23-18-13-14(3)9-11-19(18)27-6/h9-13H,7-8H2,1-6H3,(H,23,25)/b12-10+. The zero-order chi connectivity index (χ0) is 20.8. The van der Waals surface area contributed by atoms with E-state index in [0.717, 1.165) is 23.5 Å². The molecule has 0 saturated carbocycles. The van der Waals surface area contributed by atoms with E-state index in [-0.39, 0.29) is 11.9 Å². The Bertz CT molecular complexity index is 910. The molecular formula is C22H28N2O4. The fourth-order valence-corrected chi connectivity index (χ4v) is 3.30. The van der Waals surface area contributed by atoms with Crippen molar-refractivity contribution < 1.29 is 19.1 Å². The van der Waals surface area contributed by atoms with Crippen molar-refractivity contribution in [1.29, 1.82) is 0 Å². The summed E-state index contributed by atoms with van der Waals surface area (Å²) in [6.07, 6.45) is 3.09. The lowest BCUT2D eigenvalue weighted by Crippen LogP contribution is -2.10. The van der Waals surface area contributed by atoms with Crippen molar-refractivity contribution in [1.82, 2.24) is 4.57 Å². The number of nitrogens with zero attached hydrogens (tertiary/aromatic N) is 1. The Hall–Kier alpha value is -3.02. The van der Waals surface area contributed by atoms with Crippen LogP contribution in [-0.2, 0) is 16.1 Å². The average Bonchev–Trinajstić information content (AvgIpc) is 2.89. The van der Waals surface area contributed by atoms with E-state index in [1.807, 2.05) is 50.5 Å². The van der Waals surface area contributed by atoms with Gasteiger partial charge >= 0.3 is 5.97 Å². The minimum Gasteiger partial charge on any atom is -0.495 e. The maximum atomic E-state index is 12.5. The quantitative estimate of drug-likeness (QED) is 0.572. The minimum absolute atomic E-state index is 0.297. The highest BCUT2D eigenvalue weighted by atomic mass is 16.5. The number of anilines is 1. The Morgan fingerprint density at radius 2 is 1.86 bits per heavy atom. The molecule has 1 aromatic carbocycles. The van der Waals surface area contributed by atoms with E-state index in [4.69, 9.17) is 9.47 Å². The molecule has 0 bridgehead atoms. The maximum Gasteiger partial charge on any atom is 0.340 e. The first-order chi connectivity index (χ1) is 13.3. The molecule has 0 aliphatic rings. The Labute approximate surface area is 166 Å². The zero-order valence-corrected chi connectivity index (χ0v) is 17.4. The van der Waals surface area contributed by atoms with E-state index in [9.17, 15) is 9.59 Å². The van der Waals surface area contributed by atoms with Gasteiger partial charge in [-0.05, 0) is 58.4 Å². The van der Waals surface area contributed by atoms with Gasteiger partial charge in [-0.3, -0.25) is 4.79 Å². The van der Waals surface area contributed by atoms with Crippen molar-refractivity contribution in [3.05, 3.63) is 52.4 Å². The Morgan fingerprint density at radius 3 is 2.46 bits per heavy atom. The van der Waals surface area contributed by atoms with E-state index in [0.29, 0.717) is 29.2 Å². The first-order valence-corrected chi connectivity index (χ1v) is 9.34. The number of aryl methyl sites for hydroxylation is 1. The summed E-state index contributed by atoms with van der Waals surface area (Å²) in [6, 6.07) is 5.56. The van der Waals surface area contributed by atoms with Gasteiger partial charge in [-0.15, -0.1) is 0 Å². The van der Waals surface area contributed by atoms with Crippen molar-refractivity contribution in [3.8, 4) is 5.75 Å². The maximum absolute atomic E-state index is 12.5. The van der Waals surface area contributed by atoms with Gasteiger partial charge in [0.05, 0.1) is 25.0 Å². The fraction of sp³-hybridized carbons (Fsp3) is 0.364. The highest BCUT2D eigenvalue weighted by molar-refractivity contribution is 6.04. The number of carbonyl (C=O) groups is 2. The summed E-state index contributed by atoms with van der Waals surface area (Å²) in [7, 11) is 1.56. The van der Waals surface area contributed by atoms with Gasteiger partial charge in [0.1, 0.15) is 5.75 Å². The predicted molar refractivity (Wildman–Crippen MR) is 111 cm³/mol. The van der Waals surface area contributed by atoms with Crippen molar-refractivity contribution >= 4 is 23.6 Å². The molecule has 1 heterocycles. The molecule has 0 fully saturated rings. The minimum atomic E-state index is -0.379. The van der Waals surface area contributed by atoms with Gasteiger partial charge < -0.3 is 19.4 Å². The largest absolute Gasteiger partial charge is 0.495 e. The lowest BCUT2D eigenvalue weighted by Gasteiger charge is -2.09. The second-order valence-electron chi connectivity index (χ2n) is 6.45. The molecule has 150 valence electrons. The number of benzene rings is 1. The zero-order valence-electron chi connectivity index (χ0n) is 17.4. The van der Waals surface area contributed by atoms with Crippen LogP contribution in [0.3, 0.4) is 0 Å². The smallest absolute Gasteiger partial charge is 0.340 e. The molecule has 28 heavy (non-hydrogen) atoms. The fourth-order valence-electron chi connectivity index (χ4n) is 3.30. The summed E-state index contributed by atoms with van der Waals surface area (Å²) >= 11 is 0. The van der Waals surface area contributed by atoms with Crippen LogP contribution in [0.4, 0.5) is 5.69 Å². The molecule has 0 spiro atoms. The normalized spacial score (nSPS) is 10.9. The van der Waals surface area contributed by atoms with Gasteiger partial charge in [0.15, 0.2) is 0 Å². The summed E-state index contributed by atoms with van der Waals surface area (Å²) in [5, 5.41) is 2.83. The van der Waals surface area contributed by atoms with Crippen LogP contribution in [0.5, 0.6) is 5.75 Å². The topological polar surface area (TPSA) is 69.6 Å². The molecule has 0 aliphatic heterocycles. The van der Waals surface area contributed by atoms with Crippen LogP contribution >= 0.6 is 0 Å². The first-order valence-electron chi connectivity index (χ1n) is 9.34. The molecular weight excluding hydrogens is 356 g/mol. The lowest BCUT2D eigenvalue weighted by molar-refractivity contribution is -0.111. The summed E-state index contributed by atoms with van der Waals surface area (Å²) < 4.78 is 12.5. The number of nitrogens with one attached hydrogen (secondary N) is 1. The van der Waals surface area contributed by atoms with Crippen LogP contribution in [-0.4, -0.2) is 30.2 Å². The van der Waals surface area contributed by atoms with Crippen LogP contribution in [0.15, 0.2) is 24.3 Å². The molecule has 6 nitrogen and oxygen atoms in total. The lowest BCUT2D eigenvalue weighted by atomic mass is 10.1. The van der Waals surface area contributed by atoms with Crippen LogP contribution in [0.1, 0.15) is 46.7 Å². The van der Waals surface area contributed by atoms with E-state index >= 15 is 0 Å². The SMILES string of the molecule is CCOC(=O)c1c(/C=C/C(=O)Nc2cc(C)ccc2OC)c(C)n(CC)c1C. The number of amides is 1. The molecule has 1 amide bonds. The number of ether oxygens (including phenoxy) is 2. The van der Waals surface area contributed by atoms with Crippen LogP contribution in [0, 0.1) is 20.8 Å². The average molecular weight is 384 g/mol.